The lowest BCUT2D eigenvalue weighted by molar-refractivity contribution is 0.0693. The van der Waals surface area contributed by atoms with Gasteiger partial charge >= 0.3 is 5.97 Å². The van der Waals surface area contributed by atoms with E-state index in [2.05, 4.69) is 10.1 Å². The first-order valence-corrected chi connectivity index (χ1v) is 5.49. The number of carbonyl (C=O) groups is 1. The number of rotatable bonds is 2. The van der Waals surface area contributed by atoms with Crippen LogP contribution in [0.5, 0.6) is 0 Å². The molecule has 0 aliphatic carbocycles. The van der Waals surface area contributed by atoms with Crippen molar-refractivity contribution in [3.63, 3.8) is 0 Å². The average molecular weight is 257 g/mol. The molecule has 94 valence electrons. The summed E-state index contributed by atoms with van der Waals surface area (Å²) in [4.78, 5) is 14.9. The van der Waals surface area contributed by atoms with E-state index in [4.69, 9.17) is 5.11 Å². The number of benzene rings is 1. The number of hydrogen-bond acceptors (Lipinski definition) is 3. The molecule has 2 aromatic heterocycles. The van der Waals surface area contributed by atoms with Crippen molar-refractivity contribution in [2.24, 2.45) is 0 Å². The van der Waals surface area contributed by atoms with E-state index in [0.29, 0.717) is 16.6 Å². The third kappa shape index (κ3) is 1.83. The standard InChI is InChI=1S/C13H8FN3O2/c14-8-1-3-9(4-2-8)17-11-5-6-15-12(13(18)19)10(11)7-16-17/h1-7H,(H,18,19). The van der Waals surface area contributed by atoms with Crippen LogP contribution in [0.1, 0.15) is 10.5 Å². The van der Waals surface area contributed by atoms with Gasteiger partial charge in [-0.25, -0.2) is 18.9 Å². The molecule has 3 aromatic rings. The van der Waals surface area contributed by atoms with Gasteiger partial charge in [0.1, 0.15) is 5.82 Å². The van der Waals surface area contributed by atoms with Crippen LogP contribution >= 0.6 is 0 Å². The molecule has 0 unspecified atom stereocenters. The minimum Gasteiger partial charge on any atom is -0.476 e. The maximum atomic E-state index is 12.9. The Hall–Kier alpha value is -2.76. The van der Waals surface area contributed by atoms with Gasteiger partial charge < -0.3 is 5.11 Å². The minimum absolute atomic E-state index is 0.0501. The molecule has 3 rings (SSSR count). The maximum Gasteiger partial charge on any atom is 0.355 e. The number of carboxylic acids is 1. The SMILES string of the molecule is O=C(O)c1nccc2c1cnn2-c1ccc(F)cc1. The highest BCUT2D eigenvalue weighted by atomic mass is 19.1. The Kier molecular flexibility index (Phi) is 2.49. The van der Waals surface area contributed by atoms with Gasteiger partial charge in [0.25, 0.3) is 0 Å². The second-order valence-electron chi connectivity index (χ2n) is 3.93. The fourth-order valence-corrected chi connectivity index (χ4v) is 1.91. The zero-order chi connectivity index (χ0) is 13.4. The van der Waals surface area contributed by atoms with Gasteiger partial charge in [-0.3, -0.25) is 0 Å². The van der Waals surface area contributed by atoms with Gasteiger partial charge in [0.05, 0.1) is 22.8 Å². The van der Waals surface area contributed by atoms with Crippen molar-refractivity contribution in [1.29, 1.82) is 0 Å². The average Bonchev–Trinajstić information content (AvgIpc) is 2.83. The number of pyridine rings is 1. The summed E-state index contributed by atoms with van der Waals surface area (Å²) in [5, 5.41) is 13.6. The molecule has 0 bridgehead atoms. The van der Waals surface area contributed by atoms with E-state index < -0.39 is 5.97 Å². The quantitative estimate of drug-likeness (QED) is 0.764. The summed E-state index contributed by atoms with van der Waals surface area (Å²) in [6, 6.07) is 7.45. The Morgan fingerprint density at radius 2 is 1.95 bits per heavy atom. The number of aromatic carboxylic acids is 1. The van der Waals surface area contributed by atoms with Gasteiger partial charge in [0, 0.05) is 6.20 Å². The lowest BCUT2D eigenvalue weighted by Gasteiger charge is -2.03. The number of aromatic nitrogens is 3. The summed E-state index contributed by atoms with van der Waals surface area (Å²) >= 11 is 0. The van der Waals surface area contributed by atoms with Crippen molar-refractivity contribution >= 4 is 16.9 Å². The molecule has 5 nitrogen and oxygen atoms in total. The number of carboxylic acid groups (broad SMARTS) is 1. The monoisotopic (exact) mass is 257 g/mol. The van der Waals surface area contributed by atoms with E-state index >= 15 is 0 Å². The second kappa shape index (κ2) is 4.16. The normalized spacial score (nSPS) is 10.8. The Morgan fingerprint density at radius 3 is 2.63 bits per heavy atom. The summed E-state index contributed by atoms with van der Waals surface area (Å²) in [6.45, 7) is 0. The largest absolute Gasteiger partial charge is 0.476 e. The van der Waals surface area contributed by atoms with Crippen molar-refractivity contribution in [2.75, 3.05) is 0 Å². The van der Waals surface area contributed by atoms with Crippen LogP contribution in [0.2, 0.25) is 0 Å². The lowest BCUT2D eigenvalue weighted by Crippen LogP contribution is -2.01. The maximum absolute atomic E-state index is 12.9. The van der Waals surface area contributed by atoms with Crippen LogP contribution in [0.4, 0.5) is 4.39 Å². The number of nitrogens with zero attached hydrogens (tertiary/aromatic N) is 3. The van der Waals surface area contributed by atoms with Crippen LogP contribution in [0.25, 0.3) is 16.6 Å². The highest BCUT2D eigenvalue weighted by Crippen LogP contribution is 2.20. The molecule has 0 aliphatic heterocycles. The summed E-state index contributed by atoms with van der Waals surface area (Å²) in [5.41, 5.74) is 1.21. The van der Waals surface area contributed by atoms with Gasteiger partial charge in [-0.1, -0.05) is 0 Å². The molecule has 6 heteroatoms. The molecule has 1 N–H and O–H groups in total. The van der Waals surface area contributed by atoms with E-state index in [9.17, 15) is 9.18 Å². The van der Waals surface area contributed by atoms with E-state index in [1.54, 1.807) is 22.9 Å². The summed E-state index contributed by atoms with van der Waals surface area (Å²) in [6.07, 6.45) is 2.85. The predicted octanol–water partition coefficient (Wildman–Crippen LogP) is 2.26. The van der Waals surface area contributed by atoms with E-state index in [1.165, 1.54) is 24.5 Å². The van der Waals surface area contributed by atoms with Crippen LogP contribution in [-0.4, -0.2) is 25.8 Å². The molecule has 0 fully saturated rings. The zero-order valence-electron chi connectivity index (χ0n) is 9.62. The lowest BCUT2D eigenvalue weighted by atomic mass is 10.2. The first-order valence-electron chi connectivity index (χ1n) is 5.49. The van der Waals surface area contributed by atoms with Crippen LogP contribution < -0.4 is 0 Å². The molecule has 0 saturated heterocycles. The molecule has 0 spiro atoms. The third-order valence-electron chi connectivity index (χ3n) is 2.77. The molecule has 0 atom stereocenters. The molecule has 1 aromatic carbocycles. The Balaban J connectivity index is 2.24. The Morgan fingerprint density at radius 1 is 1.21 bits per heavy atom. The fourth-order valence-electron chi connectivity index (χ4n) is 1.91. The van der Waals surface area contributed by atoms with Crippen molar-refractivity contribution in [3.8, 4) is 5.69 Å². The Bertz CT molecular complexity index is 765. The number of halogens is 1. The van der Waals surface area contributed by atoms with Crippen LogP contribution in [0.3, 0.4) is 0 Å². The van der Waals surface area contributed by atoms with Crippen LogP contribution in [-0.2, 0) is 0 Å². The molecule has 0 aliphatic rings. The van der Waals surface area contributed by atoms with E-state index in [1.807, 2.05) is 0 Å². The second-order valence-corrected chi connectivity index (χ2v) is 3.93. The van der Waals surface area contributed by atoms with Gasteiger partial charge in [-0.2, -0.15) is 5.10 Å². The molecule has 0 saturated carbocycles. The highest BCUT2D eigenvalue weighted by molar-refractivity contribution is 6.00. The fraction of sp³-hybridized carbons (Fsp3) is 0. The number of hydrogen-bond donors (Lipinski definition) is 1. The van der Waals surface area contributed by atoms with Crippen molar-refractivity contribution in [3.05, 3.63) is 54.2 Å². The molecular formula is C13H8FN3O2. The molecule has 0 radical (unpaired) electrons. The Labute approximate surface area is 106 Å². The van der Waals surface area contributed by atoms with Crippen LogP contribution in [0, 0.1) is 5.82 Å². The summed E-state index contributed by atoms with van der Waals surface area (Å²) < 4.78 is 14.4. The first kappa shape index (κ1) is 11.3. The van der Waals surface area contributed by atoms with Gasteiger partial charge in [0.15, 0.2) is 5.69 Å². The highest BCUT2D eigenvalue weighted by Gasteiger charge is 2.14. The third-order valence-corrected chi connectivity index (χ3v) is 2.77. The summed E-state index contributed by atoms with van der Waals surface area (Å²) in [5.74, 6) is -1.45. The molecule has 2 heterocycles. The van der Waals surface area contributed by atoms with E-state index in [0.717, 1.165) is 0 Å². The van der Waals surface area contributed by atoms with Gasteiger partial charge in [-0.15, -0.1) is 0 Å². The van der Waals surface area contributed by atoms with Crippen molar-refractivity contribution < 1.29 is 14.3 Å². The summed E-state index contributed by atoms with van der Waals surface area (Å²) in [7, 11) is 0. The van der Waals surface area contributed by atoms with Gasteiger partial charge in [0.2, 0.25) is 0 Å². The predicted molar refractivity (Wildman–Crippen MR) is 65.8 cm³/mol. The van der Waals surface area contributed by atoms with E-state index in [-0.39, 0.29) is 11.5 Å². The molecular weight excluding hydrogens is 249 g/mol. The van der Waals surface area contributed by atoms with Crippen molar-refractivity contribution in [1.82, 2.24) is 14.8 Å². The van der Waals surface area contributed by atoms with Gasteiger partial charge in [-0.05, 0) is 30.3 Å². The molecule has 0 amide bonds. The smallest absolute Gasteiger partial charge is 0.355 e. The topological polar surface area (TPSA) is 68.0 Å². The minimum atomic E-state index is -1.11. The molecule has 19 heavy (non-hydrogen) atoms. The van der Waals surface area contributed by atoms with Crippen LogP contribution in [0.15, 0.2) is 42.7 Å². The number of fused-ring (bicyclic) bond motifs is 1. The zero-order valence-corrected chi connectivity index (χ0v) is 9.62. The first-order chi connectivity index (χ1) is 9.16. The van der Waals surface area contributed by atoms with Crippen molar-refractivity contribution in [2.45, 2.75) is 0 Å².